The number of hydrogen-bond donors (Lipinski definition) is 1. The average molecular weight is 452 g/mol. The Hall–Kier alpha value is -2.65. The number of hydrogen-bond acceptors (Lipinski definition) is 4. The molecule has 1 unspecified atom stereocenters. The Labute approximate surface area is 183 Å². The maximum absolute atomic E-state index is 14.0. The highest BCUT2D eigenvalue weighted by Crippen LogP contribution is 2.35. The standard InChI is InChI=1S/C23H24F4N2O3/c1-31-21(29-8-6-23(7-9-29)13-28-22(30)32-23)12-16(14-2-4-17(24)19(26)10-14)15-3-5-18(25)20(27)11-15/h2-5,10-11,16,21H,6-9,12-13H2,1H3,(H,28,30). The maximum Gasteiger partial charge on any atom is 0.407 e. The third-order valence-corrected chi connectivity index (χ3v) is 6.38. The molecule has 1 atom stereocenters. The molecule has 2 fully saturated rings. The lowest BCUT2D eigenvalue weighted by Crippen LogP contribution is -2.50. The van der Waals surface area contributed by atoms with Gasteiger partial charge in [0, 0.05) is 39.0 Å². The van der Waals surface area contributed by atoms with Gasteiger partial charge in [0.15, 0.2) is 23.3 Å². The highest BCUT2D eigenvalue weighted by atomic mass is 19.2. The first-order valence-electron chi connectivity index (χ1n) is 10.4. The van der Waals surface area contributed by atoms with Crippen LogP contribution >= 0.6 is 0 Å². The molecule has 1 amide bonds. The molecule has 0 radical (unpaired) electrons. The minimum atomic E-state index is -1.01. The monoisotopic (exact) mass is 452 g/mol. The van der Waals surface area contributed by atoms with Crippen LogP contribution in [-0.4, -0.2) is 49.6 Å². The molecule has 2 aromatic rings. The van der Waals surface area contributed by atoms with Crippen molar-refractivity contribution in [2.45, 2.75) is 37.0 Å². The molecule has 32 heavy (non-hydrogen) atoms. The van der Waals surface area contributed by atoms with Gasteiger partial charge in [-0.3, -0.25) is 4.90 Å². The van der Waals surface area contributed by atoms with Gasteiger partial charge in [0.2, 0.25) is 0 Å². The lowest BCUT2D eigenvalue weighted by molar-refractivity contribution is -0.0826. The summed E-state index contributed by atoms with van der Waals surface area (Å²) in [7, 11) is 1.54. The van der Waals surface area contributed by atoms with Crippen LogP contribution in [0, 0.1) is 23.3 Å². The van der Waals surface area contributed by atoms with E-state index < -0.39 is 47.1 Å². The van der Waals surface area contributed by atoms with E-state index in [0.717, 1.165) is 24.3 Å². The third-order valence-electron chi connectivity index (χ3n) is 6.38. The van der Waals surface area contributed by atoms with Crippen molar-refractivity contribution in [2.75, 3.05) is 26.7 Å². The number of rotatable bonds is 6. The molecule has 0 aromatic heterocycles. The van der Waals surface area contributed by atoms with Crippen molar-refractivity contribution in [1.29, 1.82) is 0 Å². The fraction of sp³-hybridized carbons (Fsp3) is 0.435. The zero-order valence-corrected chi connectivity index (χ0v) is 17.5. The molecular formula is C23H24F4N2O3. The third kappa shape index (κ3) is 4.59. The van der Waals surface area contributed by atoms with Crippen LogP contribution in [0.1, 0.15) is 36.3 Å². The maximum atomic E-state index is 14.0. The van der Waals surface area contributed by atoms with Crippen molar-refractivity contribution >= 4 is 6.09 Å². The molecule has 2 saturated heterocycles. The normalized spacial score (nSPS) is 19.2. The van der Waals surface area contributed by atoms with Gasteiger partial charge >= 0.3 is 6.09 Å². The Morgan fingerprint density at radius 3 is 2.00 bits per heavy atom. The van der Waals surface area contributed by atoms with Gasteiger partial charge in [-0.1, -0.05) is 12.1 Å². The number of carbonyl (C=O) groups excluding carboxylic acids is 1. The molecule has 0 aliphatic carbocycles. The molecule has 9 heteroatoms. The summed E-state index contributed by atoms with van der Waals surface area (Å²) >= 11 is 0. The lowest BCUT2D eigenvalue weighted by atomic mass is 9.86. The van der Waals surface area contributed by atoms with E-state index in [2.05, 4.69) is 10.2 Å². The molecule has 172 valence electrons. The van der Waals surface area contributed by atoms with Gasteiger partial charge in [0.25, 0.3) is 0 Å². The topological polar surface area (TPSA) is 50.8 Å². The summed E-state index contributed by atoms with van der Waals surface area (Å²) in [6, 6.07) is 7.06. The van der Waals surface area contributed by atoms with Crippen LogP contribution in [0.4, 0.5) is 22.4 Å². The van der Waals surface area contributed by atoms with Crippen LogP contribution in [0.2, 0.25) is 0 Å². The summed E-state index contributed by atoms with van der Waals surface area (Å²) in [6.45, 7) is 1.65. The van der Waals surface area contributed by atoms with E-state index >= 15 is 0 Å². The summed E-state index contributed by atoms with van der Waals surface area (Å²) in [4.78, 5) is 13.5. The zero-order chi connectivity index (χ0) is 22.9. The number of halogens is 4. The van der Waals surface area contributed by atoms with Crippen LogP contribution in [0.3, 0.4) is 0 Å². The summed E-state index contributed by atoms with van der Waals surface area (Å²) < 4.78 is 66.1. The molecule has 1 spiro atoms. The number of likely N-dealkylation sites (tertiary alicyclic amines) is 1. The van der Waals surface area contributed by atoms with Gasteiger partial charge in [0.1, 0.15) is 11.8 Å². The Balaban J connectivity index is 1.57. The number of carbonyl (C=O) groups is 1. The Morgan fingerprint density at radius 2 is 1.56 bits per heavy atom. The van der Waals surface area contributed by atoms with Crippen LogP contribution in [0.5, 0.6) is 0 Å². The molecule has 2 aliphatic heterocycles. The first kappa shape index (κ1) is 22.5. The fourth-order valence-corrected chi connectivity index (χ4v) is 4.52. The van der Waals surface area contributed by atoms with E-state index in [4.69, 9.17) is 9.47 Å². The minimum absolute atomic E-state index is 0.303. The van der Waals surface area contributed by atoms with Crippen LogP contribution in [0.25, 0.3) is 0 Å². The first-order valence-corrected chi connectivity index (χ1v) is 10.4. The number of nitrogens with zero attached hydrogens (tertiary/aromatic N) is 1. The second-order valence-electron chi connectivity index (χ2n) is 8.29. The van der Waals surface area contributed by atoms with Crippen molar-refractivity contribution in [3.8, 4) is 0 Å². The Bertz CT molecular complexity index is 944. The lowest BCUT2D eigenvalue weighted by Gasteiger charge is -2.41. The fourth-order valence-electron chi connectivity index (χ4n) is 4.52. The minimum Gasteiger partial charge on any atom is -0.441 e. The summed E-state index contributed by atoms with van der Waals surface area (Å²) in [5.74, 6) is -4.56. The number of piperidine rings is 1. The van der Waals surface area contributed by atoms with Crippen molar-refractivity contribution in [2.24, 2.45) is 0 Å². The summed E-state index contributed by atoms with van der Waals surface area (Å²) in [6.07, 6.45) is 0.693. The molecule has 5 nitrogen and oxygen atoms in total. The van der Waals surface area contributed by atoms with Gasteiger partial charge in [-0.2, -0.15) is 0 Å². The molecule has 2 heterocycles. The van der Waals surface area contributed by atoms with E-state index in [9.17, 15) is 22.4 Å². The van der Waals surface area contributed by atoms with Gasteiger partial charge in [-0.15, -0.1) is 0 Å². The van der Waals surface area contributed by atoms with Crippen LogP contribution in [0.15, 0.2) is 36.4 Å². The van der Waals surface area contributed by atoms with Crippen LogP contribution < -0.4 is 5.32 Å². The van der Waals surface area contributed by atoms with Gasteiger partial charge in [-0.05, 0) is 41.8 Å². The van der Waals surface area contributed by atoms with Crippen molar-refractivity contribution < 1.29 is 31.8 Å². The van der Waals surface area contributed by atoms with Gasteiger partial charge in [0.05, 0.1) is 6.54 Å². The second-order valence-corrected chi connectivity index (χ2v) is 8.29. The number of nitrogens with one attached hydrogen (secondary N) is 1. The molecular weight excluding hydrogens is 428 g/mol. The van der Waals surface area contributed by atoms with Gasteiger partial charge in [-0.25, -0.2) is 22.4 Å². The van der Waals surface area contributed by atoms with E-state index in [0.29, 0.717) is 50.0 Å². The smallest absolute Gasteiger partial charge is 0.407 e. The number of ether oxygens (including phenoxy) is 2. The van der Waals surface area contributed by atoms with E-state index in [1.807, 2.05) is 0 Å². The molecule has 1 N–H and O–H groups in total. The first-order chi connectivity index (χ1) is 15.3. The second kappa shape index (κ2) is 9.07. The summed E-state index contributed by atoms with van der Waals surface area (Å²) in [5, 5.41) is 2.69. The number of benzene rings is 2. The van der Waals surface area contributed by atoms with Gasteiger partial charge < -0.3 is 14.8 Å². The molecule has 0 bridgehead atoms. The average Bonchev–Trinajstić information content (AvgIpc) is 3.14. The Morgan fingerprint density at radius 1 is 1.00 bits per heavy atom. The van der Waals surface area contributed by atoms with E-state index in [-0.39, 0.29) is 0 Å². The Kier molecular flexibility index (Phi) is 6.39. The number of methoxy groups -OCH3 is 1. The van der Waals surface area contributed by atoms with Crippen molar-refractivity contribution in [3.05, 3.63) is 70.8 Å². The molecule has 4 rings (SSSR count). The number of amides is 1. The highest BCUT2D eigenvalue weighted by Gasteiger charge is 2.44. The predicted molar refractivity (Wildman–Crippen MR) is 108 cm³/mol. The molecule has 2 aliphatic rings. The predicted octanol–water partition coefficient (Wildman–Crippen LogP) is 4.31. The zero-order valence-electron chi connectivity index (χ0n) is 17.5. The van der Waals surface area contributed by atoms with Crippen molar-refractivity contribution in [1.82, 2.24) is 10.2 Å². The largest absolute Gasteiger partial charge is 0.441 e. The molecule has 0 saturated carbocycles. The highest BCUT2D eigenvalue weighted by molar-refractivity contribution is 5.70. The SMILES string of the molecule is COC(CC(c1ccc(F)c(F)c1)c1ccc(F)c(F)c1)N1CCC2(CC1)CNC(=O)O2. The van der Waals surface area contributed by atoms with Crippen LogP contribution in [-0.2, 0) is 9.47 Å². The summed E-state index contributed by atoms with van der Waals surface area (Å²) in [5.41, 5.74) is 0.338. The van der Waals surface area contributed by atoms with E-state index in [1.165, 1.54) is 12.1 Å². The number of alkyl carbamates (subject to hydrolysis) is 1. The van der Waals surface area contributed by atoms with E-state index in [1.54, 1.807) is 7.11 Å². The molecule has 2 aromatic carbocycles. The van der Waals surface area contributed by atoms with Crippen molar-refractivity contribution in [3.63, 3.8) is 0 Å². The quantitative estimate of drug-likeness (QED) is 0.664.